The van der Waals surface area contributed by atoms with Crippen LogP contribution in [-0.2, 0) is 19.7 Å². The van der Waals surface area contributed by atoms with Crippen LogP contribution in [-0.4, -0.2) is 27.6 Å². The van der Waals surface area contributed by atoms with Crippen molar-refractivity contribution in [3.05, 3.63) is 70.9 Å². The van der Waals surface area contributed by atoms with Crippen LogP contribution in [0.25, 0.3) is 0 Å². The van der Waals surface area contributed by atoms with Crippen LogP contribution in [0.5, 0.6) is 5.75 Å². The number of carbonyl (C=O) groups excluding carboxylic acids is 1. The van der Waals surface area contributed by atoms with Gasteiger partial charge in [-0.1, -0.05) is 17.7 Å². The van der Waals surface area contributed by atoms with Crippen LogP contribution in [0.3, 0.4) is 0 Å². The number of hydrogen-bond donors (Lipinski definition) is 0. The summed E-state index contributed by atoms with van der Waals surface area (Å²) in [6.45, 7) is 3.45. The van der Waals surface area contributed by atoms with E-state index < -0.39 is 0 Å². The van der Waals surface area contributed by atoms with E-state index in [1.165, 1.54) is 0 Å². The third-order valence-corrected chi connectivity index (χ3v) is 4.13. The first-order valence-corrected chi connectivity index (χ1v) is 8.68. The number of benzene rings is 1. The number of ether oxygens (including phenoxy) is 1. The molecule has 6 nitrogen and oxygen atoms in total. The lowest BCUT2D eigenvalue weighted by Gasteiger charge is -2.16. The third kappa shape index (κ3) is 4.26. The SMILES string of the molecule is CCn1nccc1CN(C)C(=O)c1ccc(COc2cccc(Cl)c2)o1. The van der Waals surface area contributed by atoms with Gasteiger partial charge in [-0.15, -0.1) is 0 Å². The van der Waals surface area contributed by atoms with E-state index in [9.17, 15) is 4.79 Å². The molecule has 0 aliphatic carbocycles. The van der Waals surface area contributed by atoms with Crippen molar-refractivity contribution >= 4 is 17.5 Å². The molecule has 0 aliphatic rings. The molecule has 0 radical (unpaired) electrons. The lowest BCUT2D eigenvalue weighted by atomic mass is 10.3. The number of carbonyl (C=O) groups is 1. The molecule has 0 bridgehead atoms. The Balaban J connectivity index is 1.60. The molecule has 0 saturated heterocycles. The highest BCUT2D eigenvalue weighted by Gasteiger charge is 2.17. The Morgan fingerprint density at radius 3 is 2.92 bits per heavy atom. The summed E-state index contributed by atoms with van der Waals surface area (Å²) in [6, 6.07) is 12.4. The minimum atomic E-state index is -0.192. The van der Waals surface area contributed by atoms with Gasteiger partial charge in [-0.2, -0.15) is 5.10 Å². The fraction of sp³-hybridized carbons (Fsp3) is 0.263. The summed E-state index contributed by atoms with van der Waals surface area (Å²) < 4.78 is 13.1. The Labute approximate surface area is 156 Å². The fourth-order valence-electron chi connectivity index (χ4n) is 2.56. The maximum Gasteiger partial charge on any atom is 0.289 e. The molecule has 0 aliphatic heterocycles. The van der Waals surface area contributed by atoms with Gasteiger partial charge in [0, 0.05) is 24.8 Å². The topological polar surface area (TPSA) is 60.5 Å². The van der Waals surface area contributed by atoms with Crippen molar-refractivity contribution in [2.75, 3.05) is 7.05 Å². The largest absolute Gasteiger partial charge is 0.486 e. The number of furan rings is 1. The Hall–Kier alpha value is -2.73. The molecular weight excluding hydrogens is 354 g/mol. The highest BCUT2D eigenvalue weighted by atomic mass is 35.5. The monoisotopic (exact) mass is 373 g/mol. The number of hydrogen-bond acceptors (Lipinski definition) is 4. The van der Waals surface area contributed by atoms with E-state index in [0.29, 0.717) is 23.1 Å². The van der Waals surface area contributed by atoms with Gasteiger partial charge in [0.25, 0.3) is 5.91 Å². The molecule has 3 aromatic rings. The second-order valence-electron chi connectivity index (χ2n) is 5.81. The van der Waals surface area contributed by atoms with Crippen molar-refractivity contribution in [2.24, 2.45) is 0 Å². The van der Waals surface area contributed by atoms with Gasteiger partial charge in [-0.05, 0) is 43.3 Å². The summed E-state index contributed by atoms with van der Waals surface area (Å²) in [7, 11) is 1.74. The lowest BCUT2D eigenvalue weighted by Crippen LogP contribution is -2.27. The molecule has 0 saturated carbocycles. The smallest absolute Gasteiger partial charge is 0.289 e. The number of rotatable bonds is 7. The van der Waals surface area contributed by atoms with Gasteiger partial charge in [-0.3, -0.25) is 9.48 Å². The first kappa shape index (κ1) is 18.1. The van der Waals surface area contributed by atoms with Crippen molar-refractivity contribution in [1.82, 2.24) is 14.7 Å². The highest BCUT2D eigenvalue weighted by Crippen LogP contribution is 2.19. The summed E-state index contributed by atoms with van der Waals surface area (Å²) in [4.78, 5) is 14.1. The van der Waals surface area contributed by atoms with E-state index in [4.69, 9.17) is 20.8 Å². The summed E-state index contributed by atoms with van der Waals surface area (Å²) in [5.74, 6) is 1.30. The summed E-state index contributed by atoms with van der Waals surface area (Å²) in [6.07, 6.45) is 1.73. The Bertz CT molecular complexity index is 888. The minimum Gasteiger partial charge on any atom is -0.486 e. The van der Waals surface area contributed by atoms with Crippen molar-refractivity contribution in [1.29, 1.82) is 0 Å². The second-order valence-corrected chi connectivity index (χ2v) is 6.25. The molecule has 0 atom stereocenters. The van der Waals surface area contributed by atoms with E-state index in [0.717, 1.165) is 12.2 Å². The number of amides is 1. The highest BCUT2D eigenvalue weighted by molar-refractivity contribution is 6.30. The van der Waals surface area contributed by atoms with E-state index >= 15 is 0 Å². The standard InChI is InChI=1S/C19H20ClN3O3/c1-3-23-15(9-10-21-23)12-22(2)19(24)18-8-7-17(26-18)13-25-16-6-4-5-14(20)11-16/h4-11H,3,12-13H2,1-2H3. The van der Waals surface area contributed by atoms with Gasteiger partial charge in [0.05, 0.1) is 12.2 Å². The predicted molar refractivity (Wildman–Crippen MR) is 98.2 cm³/mol. The Morgan fingerprint density at radius 2 is 2.15 bits per heavy atom. The van der Waals surface area contributed by atoms with Gasteiger partial charge in [0.1, 0.15) is 18.1 Å². The summed E-state index contributed by atoms with van der Waals surface area (Å²) >= 11 is 5.93. The third-order valence-electron chi connectivity index (χ3n) is 3.90. The van der Waals surface area contributed by atoms with Crippen LogP contribution in [0, 0.1) is 0 Å². The van der Waals surface area contributed by atoms with Crippen molar-refractivity contribution in [2.45, 2.75) is 26.6 Å². The van der Waals surface area contributed by atoms with Gasteiger partial charge in [0.15, 0.2) is 5.76 Å². The molecule has 0 fully saturated rings. The Morgan fingerprint density at radius 1 is 1.31 bits per heavy atom. The molecule has 0 unspecified atom stereocenters. The minimum absolute atomic E-state index is 0.192. The summed E-state index contributed by atoms with van der Waals surface area (Å²) in [5.41, 5.74) is 0.972. The van der Waals surface area contributed by atoms with Gasteiger partial charge >= 0.3 is 0 Å². The second kappa shape index (κ2) is 8.10. The number of aromatic nitrogens is 2. The van der Waals surface area contributed by atoms with Gasteiger partial charge in [0.2, 0.25) is 0 Å². The van der Waals surface area contributed by atoms with Crippen molar-refractivity contribution < 1.29 is 13.9 Å². The van der Waals surface area contributed by atoms with Gasteiger partial charge in [-0.25, -0.2) is 0 Å². The lowest BCUT2D eigenvalue weighted by molar-refractivity contribution is 0.0745. The number of halogens is 1. The number of aryl methyl sites for hydroxylation is 1. The molecule has 2 aromatic heterocycles. The predicted octanol–water partition coefficient (Wildman–Crippen LogP) is 4.00. The number of nitrogens with zero attached hydrogens (tertiary/aromatic N) is 3. The van der Waals surface area contributed by atoms with E-state index in [-0.39, 0.29) is 18.3 Å². The van der Waals surface area contributed by atoms with Crippen LogP contribution in [0.15, 0.2) is 53.1 Å². The average molecular weight is 374 g/mol. The van der Waals surface area contributed by atoms with Crippen molar-refractivity contribution in [3.8, 4) is 5.75 Å². The molecule has 7 heteroatoms. The average Bonchev–Trinajstić information content (AvgIpc) is 3.28. The molecule has 3 rings (SSSR count). The van der Waals surface area contributed by atoms with Crippen LogP contribution in [0.1, 0.15) is 28.9 Å². The first-order valence-electron chi connectivity index (χ1n) is 8.30. The van der Waals surface area contributed by atoms with Crippen molar-refractivity contribution in [3.63, 3.8) is 0 Å². The quantitative estimate of drug-likeness (QED) is 0.628. The zero-order chi connectivity index (χ0) is 18.5. The maximum absolute atomic E-state index is 12.5. The molecule has 136 valence electrons. The zero-order valence-electron chi connectivity index (χ0n) is 14.7. The normalized spacial score (nSPS) is 10.7. The van der Waals surface area contributed by atoms with E-state index in [2.05, 4.69) is 5.10 Å². The van der Waals surface area contributed by atoms with Crippen LogP contribution in [0.2, 0.25) is 5.02 Å². The van der Waals surface area contributed by atoms with E-state index in [1.54, 1.807) is 42.4 Å². The Kier molecular flexibility index (Phi) is 5.63. The maximum atomic E-state index is 12.5. The first-order chi connectivity index (χ1) is 12.6. The zero-order valence-corrected chi connectivity index (χ0v) is 15.4. The van der Waals surface area contributed by atoms with Gasteiger partial charge < -0.3 is 14.1 Å². The summed E-state index contributed by atoms with van der Waals surface area (Å²) in [5, 5.41) is 4.82. The molecule has 0 N–H and O–H groups in total. The molecule has 1 aromatic carbocycles. The molecule has 26 heavy (non-hydrogen) atoms. The molecule has 2 heterocycles. The van der Waals surface area contributed by atoms with Crippen LogP contribution < -0.4 is 4.74 Å². The van der Waals surface area contributed by atoms with Crippen LogP contribution in [0.4, 0.5) is 0 Å². The van der Waals surface area contributed by atoms with Crippen LogP contribution >= 0.6 is 11.6 Å². The van der Waals surface area contributed by atoms with E-state index in [1.807, 2.05) is 29.8 Å². The molecular formula is C19H20ClN3O3. The fourth-order valence-corrected chi connectivity index (χ4v) is 2.74. The molecule has 1 amide bonds. The molecule has 0 spiro atoms.